The zero-order valence-electron chi connectivity index (χ0n) is 10.8. The lowest BCUT2D eigenvalue weighted by molar-refractivity contribution is -0.120. The van der Waals surface area contributed by atoms with Crippen LogP contribution in [0, 0.1) is 6.92 Å². The van der Waals surface area contributed by atoms with Gasteiger partial charge in [-0.2, -0.15) is 0 Å². The van der Waals surface area contributed by atoms with Crippen molar-refractivity contribution in [3.8, 4) is 0 Å². The molecule has 0 radical (unpaired) electrons. The molecule has 1 fully saturated rings. The van der Waals surface area contributed by atoms with Gasteiger partial charge in [0.2, 0.25) is 5.91 Å². The molecule has 0 atom stereocenters. The molecule has 0 spiro atoms. The Morgan fingerprint density at radius 1 is 1.42 bits per heavy atom. The molecule has 19 heavy (non-hydrogen) atoms. The summed E-state index contributed by atoms with van der Waals surface area (Å²) in [4.78, 5) is 18.0. The standard InChI is InChI=1S/C13H16N4OS/c1-8-16-10-7-11(9(14)6-12(10)19-8)17-4-2-13(18)15-3-5-17/h6-7H,2-5,14H2,1H3,(H,15,18). The van der Waals surface area contributed by atoms with Crippen LogP contribution in [-0.4, -0.2) is 30.5 Å². The van der Waals surface area contributed by atoms with Crippen molar-refractivity contribution in [1.29, 1.82) is 0 Å². The van der Waals surface area contributed by atoms with Gasteiger partial charge in [-0.1, -0.05) is 0 Å². The van der Waals surface area contributed by atoms with Crippen LogP contribution in [-0.2, 0) is 4.79 Å². The summed E-state index contributed by atoms with van der Waals surface area (Å²) in [5, 5.41) is 3.91. The van der Waals surface area contributed by atoms with E-state index in [2.05, 4.69) is 15.2 Å². The van der Waals surface area contributed by atoms with Gasteiger partial charge in [-0.05, 0) is 19.1 Å². The highest BCUT2D eigenvalue weighted by atomic mass is 32.1. The number of benzene rings is 1. The van der Waals surface area contributed by atoms with Crippen LogP contribution in [0.15, 0.2) is 12.1 Å². The maximum absolute atomic E-state index is 11.4. The quantitative estimate of drug-likeness (QED) is 0.775. The number of anilines is 2. The molecule has 0 aliphatic carbocycles. The van der Waals surface area contributed by atoms with E-state index in [0.29, 0.717) is 19.5 Å². The first kappa shape index (κ1) is 12.2. The first-order valence-corrected chi connectivity index (χ1v) is 7.13. The average molecular weight is 276 g/mol. The van der Waals surface area contributed by atoms with Gasteiger partial charge in [0.05, 0.1) is 26.6 Å². The minimum atomic E-state index is 0.103. The van der Waals surface area contributed by atoms with Gasteiger partial charge in [0, 0.05) is 26.1 Å². The fourth-order valence-electron chi connectivity index (χ4n) is 2.38. The monoisotopic (exact) mass is 276 g/mol. The Kier molecular flexibility index (Phi) is 3.02. The first-order valence-electron chi connectivity index (χ1n) is 6.32. The van der Waals surface area contributed by atoms with E-state index in [0.717, 1.165) is 33.1 Å². The second-order valence-electron chi connectivity index (χ2n) is 4.70. The van der Waals surface area contributed by atoms with Crippen molar-refractivity contribution in [2.24, 2.45) is 0 Å². The van der Waals surface area contributed by atoms with Crippen molar-refractivity contribution in [3.05, 3.63) is 17.1 Å². The smallest absolute Gasteiger partial charge is 0.221 e. The summed E-state index contributed by atoms with van der Waals surface area (Å²) in [6, 6.07) is 4.01. The van der Waals surface area contributed by atoms with E-state index in [9.17, 15) is 4.79 Å². The Morgan fingerprint density at radius 2 is 2.26 bits per heavy atom. The largest absolute Gasteiger partial charge is 0.397 e. The number of carbonyl (C=O) groups excluding carboxylic acids is 1. The fourth-order valence-corrected chi connectivity index (χ4v) is 3.23. The third-order valence-electron chi connectivity index (χ3n) is 3.30. The number of thiazole rings is 1. The number of amides is 1. The molecule has 3 N–H and O–H groups in total. The summed E-state index contributed by atoms with van der Waals surface area (Å²) >= 11 is 1.65. The number of fused-ring (bicyclic) bond motifs is 1. The summed E-state index contributed by atoms with van der Waals surface area (Å²) < 4.78 is 1.11. The zero-order valence-corrected chi connectivity index (χ0v) is 11.6. The van der Waals surface area contributed by atoms with Crippen molar-refractivity contribution in [3.63, 3.8) is 0 Å². The van der Waals surface area contributed by atoms with Crippen LogP contribution in [0.5, 0.6) is 0 Å². The van der Waals surface area contributed by atoms with Crippen LogP contribution in [0.1, 0.15) is 11.4 Å². The predicted octanol–water partition coefficient (Wildman–Crippen LogP) is 1.51. The minimum absolute atomic E-state index is 0.103. The van der Waals surface area contributed by atoms with Crippen molar-refractivity contribution >= 4 is 38.8 Å². The number of nitrogens with two attached hydrogens (primary N) is 1. The summed E-state index contributed by atoms with van der Waals surface area (Å²) in [6.45, 7) is 4.14. The number of nitrogen functional groups attached to an aromatic ring is 1. The number of aromatic nitrogens is 1. The first-order chi connectivity index (χ1) is 9.13. The molecule has 6 heteroatoms. The number of carbonyl (C=O) groups is 1. The predicted molar refractivity (Wildman–Crippen MR) is 78.6 cm³/mol. The van der Waals surface area contributed by atoms with E-state index in [1.54, 1.807) is 11.3 Å². The van der Waals surface area contributed by atoms with E-state index in [4.69, 9.17) is 5.73 Å². The van der Waals surface area contributed by atoms with Crippen molar-refractivity contribution < 1.29 is 4.79 Å². The number of hydrogen-bond acceptors (Lipinski definition) is 5. The van der Waals surface area contributed by atoms with Gasteiger partial charge in [0.25, 0.3) is 0 Å². The molecule has 1 aliphatic heterocycles. The molecular weight excluding hydrogens is 260 g/mol. The maximum Gasteiger partial charge on any atom is 0.221 e. The normalized spacial score (nSPS) is 16.5. The molecule has 1 aliphatic rings. The molecular formula is C13H16N4OS. The second-order valence-corrected chi connectivity index (χ2v) is 5.93. The Labute approximate surface area is 115 Å². The van der Waals surface area contributed by atoms with Gasteiger partial charge < -0.3 is 16.0 Å². The van der Waals surface area contributed by atoms with E-state index in [1.165, 1.54) is 0 Å². The van der Waals surface area contributed by atoms with Crippen LogP contribution in [0.4, 0.5) is 11.4 Å². The highest BCUT2D eigenvalue weighted by Crippen LogP contribution is 2.32. The Morgan fingerprint density at radius 3 is 3.11 bits per heavy atom. The third-order valence-corrected chi connectivity index (χ3v) is 4.23. The van der Waals surface area contributed by atoms with E-state index in [-0.39, 0.29) is 5.91 Å². The molecule has 1 aromatic carbocycles. The number of nitrogens with zero attached hydrogens (tertiary/aromatic N) is 2. The molecule has 3 rings (SSSR count). The van der Waals surface area contributed by atoms with Crippen LogP contribution < -0.4 is 16.0 Å². The van der Waals surface area contributed by atoms with Crippen LogP contribution >= 0.6 is 11.3 Å². The maximum atomic E-state index is 11.4. The zero-order chi connectivity index (χ0) is 13.4. The lowest BCUT2D eigenvalue weighted by Gasteiger charge is -2.23. The molecule has 0 unspecified atom stereocenters. The fraction of sp³-hybridized carbons (Fsp3) is 0.385. The van der Waals surface area contributed by atoms with Crippen LogP contribution in [0.2, 0.25) is 0 Å². The molecule has 100 valence electrons. The number of aryl methyl sites for hydroxylation is 1. The van der Waals surface area contributed by atoms with Crippen LogP contribution in [0.25, 0.3) is 10.2 Å². The van der Waals surface area contributed by atoms with E-state index in [1.807, 2.05) is 19.1 Å². The van der Waals surface area contributed by atoms with Gasteiger partial charge in [0.1, 0.15) is 0 Å². The summed E-state index contributed by atoms with van der Waals surface area (Å²) in [5.74, 6) is 0.103. The Hall–Kier alpha value is -1.82. The molecule has 0 saturated carbocycles. The van der Waals surface area contributed by atoms with Gasteiger partial charge in [-0.15, -0.1) is 11.3 Å². The lowest BCUT2D eigenvalue weighted by Crippen LogP contribution is -2.28. The van der Waals surface area contributed by atoms with Gasteiger partial charge in [0.15, 0.2) is 0 Å². The van der Waals surface area contributed by atoms with E-state index < -0.39 is 0 Å². The van der Waals surface area contributed by atoms with Gasteiger partial charge in [-0.25, -0.2) is 4.98 Å². The third kappa shape index (κ3) is 2.35. The number of rotatable bonds is 1. The molecule has 1 aromatic heterocycles. The topological polar surface area (TPSA) is 71.2 Å². The van der Waals surface area contributed by atoms with Crippen molar-refractivity contribution in [2.45, 2.75) is 13.3 Å². The Balaban J connectivity index is 1.98. The molecule has 5 nitrogen and oxygen atoms in total. The summed E-state index contributed by atoms with van der Waals surface area (Å²) in [6.07, 6.45) is 0.508. The number of nitrogens with one attached hydrogen (secondary N) is 1. The Bertz CT molecular complexity index is 637. The SMILES string of the molecule is Cc1nc2cc(N3CCNC(=O)CC3)c(N)cc2s1. The molecule has 0 bridgehead atoms. The summed E-state index contributed by atoms with van der Waals surface area (Å²) in [7, 11) is 0. The van der Waals surface area contributed by atoms with Gasteiger partial charge >= 0.3 is 0 Å². The highest BCUT2D eigenvalue weighted by molar-refractivity contribution is 7.18. The number of hydrogen-bond donors (Lipinski definition) is 2. The second kappa shape index (κ2) is 4.70. The van der Waals surface area contributed by atoms with Crippen LogP contribution in [0.3, 0.4) is 0 Å². The van der Waals surface area contributed by atoms with Crippen molar-refractivity contribution in [2.75, 3.05) is 30.3 Å². The lowest BCUT2D eigenvalue weighted by atomic mass is 10.2. The average Bonchev–Trinajstić information content (AvgIpc) is 2.57. The molecule has 1 amide bonds. The van der Waals surface area contributed by atoms with Crippen molar-refractivity contribution in [1.82, 2.24) is 10.3 Å². The van der Waals surface area contributed by atoms with E-state index >= 15 is 0 Å². The molecule has 2 heterocycles. The molecule has 2 aromatic rings. The minimum Gasteiger partial charge on any atom is -0.397 e. The summed E-state index contributed by atoms with van der Waals surface area (Å²) in [5.41, 5.74) is 8.86. The highest BCUT2D eigenvalue weighted by Gasteiger charge is 2.17. The molecule has 1 saturated heterocycles. The van der Waals surface area contributed by atoms with Gasteiger partial charge in [-0.3, -0.25) is 4.79 Å².